The van der Waals surface area contributed by atoms with E-state index in [2.05, 4.69) is 27.0 Å². The molecule has 0 saturated carbocycles. The Hall–Kier alpha value is -1.78. The van der Waals surface area contributed by atoms with Gasteiger partial charge in [0.1, 0.15) is 29.9 Å². The molecular weight excluding hydrogens is 370 g/mol. The number of ether oxygens (including phenoxy) is 1. The quantitative estimate of drug-likeness (QED) is 0.593. The van der Waals surface area contributed by atoms with E-state index in [4.69, 9.17) is 9.88 Å². The topological polar surface area (TPSA) is 117 Å². The van der Waals surface area contributed by atoms with Gasteiger partial charge < -0.3 is 25.2 Å². The summed E-state index contributed by atoms with van der Waals surface area (Å²) in [5.41, 5.74) is 1.08. The highest BCUT2D eigenvalue weighted by Crippen LogP contribution is 2.37. The molecule has 0 spiro atoms. The van der Waals surface area contributed by atoms with E-state index in [-0.39, 0.29) is 24.1 Å². The van der Waals surface area contributed by atoms with Crippen molar-refractivity contribution in [3.8, 4) is 0 Å². The Bertz CT molecular complexity index is 750. The van der Waals surface area contributed by atoms with E-state index in [1.54, 1.807) is 7.05 Å². The average Bonchev–Trinajstić information content (AvgIpc) is 3.09. The first-order valence-corrected chi connectivity index (χ1v) is 11.0. The number of nitrogens with one attached hydrogen (secondary N) is 2. The Morgan fingerprint density at radius 1 is 1.33 bits per heavy atom. The number of primary sulfonamides is 1. The Balaban J connectivity index is 1.76. The number of sulfonamides is 1. The Morgan fingerprint density at radius 3 is 2.74 bits per heavy atom. The molecule has 3 aliphatic heterocycles. The lowest BCUT2D eigenvalue weighted by Crippen LogP contribution is -2.54. The maximum absolute atomic E-state index is 11.9. The summed E-state index contributed by atoms with van der Waals surface area (Å²) in [6.45, 7) is 7.05. The van der Waals surface area contributed by atoms with Crippen molar-refractivity contribution in [2.75, 3.05) is 19.5 Å². The van der Waals surface area contributed by atoms with E-state index in [1.807, 2.05) is 6.92 Å². The number of hydrogen-bond donors (Lipinski definition) is 3. The lowest BCUT2D eigenvalue weighted by atomic mass is 9.95. The molecule has 1 amide bonds. The Morgan fingerprint density at radius 2 is 2.07 bits per heavy atom. The summed E-state index contributed by atoms with van der Waals surface area (Å²) in [5, 5.41) is 10.8. The Kier molecular flexibility index (Phi) is 5.68. The number of nitrogens with zero attached hydrogens (tertiary/aromatic N) is 2. The van der Waals surface area contributed by atoms with Crippen LogP contribution in [0.15, 0.2) is 23.8 Å². The SMILES string of the molecule is C=C1N2C(NCS(N)(=O)=O)=C(C)CCC2CCN1[C@H]1CC[C@@H](C(=O)NC)O1. The van der Waals surface area contributed by atoms with E-state index < -0.39 is 16.1 Å². The average molecular weight is 400 g/mol. The van der Waals surface area contributed by atoms with Gasteiger partial charge in [-0.2, -0.15) is 0 Å². The van der Waals surface area contributed by atoms with Gasteiger partial charge in [-0.15, -0.1) is 0 Å². The molecule has 0 aromatic carbocycles. The van der Waals surface area contributed by atoms with Gasteiger partial charge in [0.25, 0.3) is 0 Å². The van der Waals surface area contributed by atoms with Crippen LogP contribution in [0.5, 0.6) is 0 Å². The van der Waals surface area contributed by atoms with Gasteiger partial charge in [-0.05, 0) is 44.6 Å². The number of carbonyl (C=O) groups is 1. The van der Waals surface area contributed by atoms with Crippen molar-refractivity contribution < 1.29 is 17.9 Å². The molecule has 2 saturated heterocycles. The van der Waals surface area contributed by atoms with E-state index >= 15 is 0 Å². The normalized spacial score (nSPS) is 29.0. The van der Waals surface area contributed by atoms with Crippen LogP contribution in [0, 0.1) is 0 Å². The van der Waals surface area contributed by atoms with Crippen LogP contribution >= 0.6 is 0 Å². The smallest absolute Gasteiger partial charge is 0.248 e. The summed E-state index contributed by atoms with van der Waals surface area (Å²) in [4.78, 5) is 16.0. The maximum atomic E-state index is 11.9. The number of nitrogens with two attached hydrogens (primary N) is 1. The number of rotatable bonds is 5. The van der Waals surface area contributed by atoms with E-state index in [0.29, 0.717) is 6.42 Å². The number of fused-ring (bicyclic) bond motifs is 1. The Labute approximate surface area is 160 Å². The molecular formula is C17H29N5O4S. The lowest BCUT2D eigenvalue weighted by molar-refractivity contribution is -0.137. The van der Waals surface area contributed by atoms with E-state index in [9.17, 15) is 13.2 Å². The van der Waals surface area contributed by atoms with Crippen molar-refractivity contribution in [1.82, 2.24) is 20.4 Å². The van der Waals surface area contributed by atoms with Crippen molar-refractivity contribution in [1.29, 1.82) is 0 Å². The van der Waals surface area contributed by atoms with Gasteiger partial charge in [-0.1, -0.05) is 6.58 Å². The monoisotopic (exact) mass is 399 g/mol. The fraction of sp³-hybridized carbons (Fsp3) is 0.706. The number of carbonyl (C=O) groups excluding carboxylic acids is 1. The molecule has 4 N–H and O–H groups in total. The van der Waals surface area contributed by atoms with Gasteiger partial charge in [0.2, 0.25) is 15.9 Å². The second kappa shape index (κ2) is 7.69. The van der Waals surface area contributed by atoms with Crippen LogP contribution < -0.4 is 15.8 Å². The molecule has 10 heteroatoms. The zero-order valence-corrected chi connectivity index (χ0v) is 16.7. The molecule has 0 aromatic heterocycles. The van der Waals surface area contributed by atoms with Gasteiger partial charge in [0.15, 0.2) is 0 Å². The van der Waals surface area contributed by atoms with Gasteiger partial charge in [-0.25, -0.2) is 13.6 Å². The minimum absolute atomic E-state index is 0.109. The van der Waals surface area contributed by atoms with Crippen molar-refractivity contribution in [3.63, 3.8) is 0 Å². The molecule has 0 radical (unpaired) electrons. The molecule has 1 unspecified atom stereocenters. The van der Waals surface area contributed by atoms with Crippen molar-refractivity contribution in [3.05, 3.63) is 23.8 Å². The number of allylic oxidation sites excluding steroid dienone is 1. The van der Waals surface area contributed by atoms with Gasteiger partial charge in [-0.3, -0.25) is 4.79 Å². The predicted molar refractivity (Wildman–Crippen MR) is 101 cm³/mol. The van der Waals surface area contributed by atoms with E-state index in [0.717, 1.165) is 49.4 Å². The first-order chi connectivity index (χ1) is 12.7. The van der Waals surface area contributed by atoms with Crippen LogP contribution in [0.3, 0.4) is 0 Å². The second-order valence-corrected chi connectivity index (χ2v) is 8.96. The molecule has 0 aromatic rings. The third kappa shape index (κ3) is 4.22. The third-order valence-corrected chi connectivity index (χ3v) is 6.05. The molecule has 3 aliphatic rings. The lowest BCUT2D eigenvalue weighted by Gasteiger charge is -2.50. The summed E-state index contributed by atoms with van der Waals surface area (Å²) >= 11 is 0. The maximum Gasteiger partial charge on any atom is 0.248 e. The van der Waals surface area contributed by atoms with Crippen molar-refractivity contribution in [2.24, 2.45) is 5.14 Å². The van der Waals surface area contributed by atoms with Crippen LogP contribution in [0.1, 0.15) is 39.0 Å². The predicted octanol–water partition coefficient (Wildman–Crippen LogP) is -0.0541. The highest BCUT2D eigenvalue weighted by molar-refractivity contribution is 7.89. The van der Waals surface area contributed by atoms with Crippen LogP contribution in [0.2, 0.25) is 0 Å². The first-order valence-electron chi connectivity index (χ1n) is 9.27. The number of likely N-dealkylation sites (N-methyl/N-ethyl adjacent to an activating group) is 1. The molecule has 0 bridgehead atoms. The van der Waals surface area contributed by atoms with Crippen LogP contribution in [0.4, 0.5) is 0 Å². The van der Waals surface area contributed by atoms with Crippen molar-refractivity contribution >= 4 is 15.9 Å². The van der Waals surface area contributed by atoms with Crippen LogP contribution in [-0.2, 0) is 19.6 Å². The number of amides is 1. The van der Waals surface area contributed by atoms with Gasteiger partial charge >= 0.3 is 0 Å². The van der Waals surface area contributed by atoms with E-state index in [1.165, 1.54) is 0 Å². The standard InChI is InChI=1S/C17H29N5O4S/c1-11-4-5-13-8-9-21(15-7-6-14(26-15)17(23)19-3)12(2)22(13)16(11)20-10-27(18,24)25/h13-15,20H,2,4-10H2,1,3H3,(H,19,23)(H2,18,24,25)/t13?,14-,15+/m0/s1. The van der Waals surface area contributed by atoms with Crippen molar-refractivity contribution in [2.45, 2.75) is 57.4 Å². The molecule has 3 rings (SSSR count). The summed E-state index contributed by atoms with van der Waals surface area (Å²) in [7, 11) is -2.03. The zero-order valence-electron chi connectivity index (χ0n) is 15.9. The van der Waals surface area contributed by atoms with Gasteiger partial charge in [0, 0.05) is 19.6 Å². The molecule has 3 heterocycles. The van der Waals surface area contributed by atoms with Crippen LogP contribution in [0.25, 0.3) is 0 Å². The molecule has 27 heavy (non-hydrogen) atoms. The first kappa shape index (κ1) is 20.0. The highest BCUT2D eigenvalue weighted by Gasteiger charge is 2.41. The minimum Gasteiger partial charge on any atom is -0.357 e. The minimum atomic E-state index is -3.64. The zero-order chi connectivity index (χ0) is 19.8. The van der Waals surface area contributed by atoms with Crippen LogP contribution in [-0.4, -0.2) is 62.0 Å². The fourth-order valence-corrected chi connectivity index (χ4v) is 4.44. The molecule has 2 fully saturated rings. The fourth-order valence-electron chi connectivity index (χ4n) is 4.11. The second-order valence-electron chi connectivity index (χ2n) is 7.34. The molecule has 3 atom stereocenters. The molecule has 152 valence electrons. The summed E-state index contributed by atoms with van der Waals surface area (Å²) < 4.78 is 28.8. The van der Waals surface area contributed by atoms with Gasteiger partial charge in [0.05, 0.1) is 0 Å². The summed E-state index contributed by atoms with van der Waals surface area (Å²) in [5.74, 6) is 1.09. The molecule has 0 aliphatic carbocycles. The largest absolute Gasteiger partial charge is 0.357 e. The third-order valence-electron chi connectivity index (χ3n) is 5.50. The summed E-state index contributed by atoms with van der Waals surface area (Å²) in [6, 6.07) is 0.261. The molecule has 9 nitrogen and oxygen atoms in total. The highest BCUT2D eigenvalue weighted by atomic mass is 32.2. The summed E-state index contributed by atoms with van der Waals surface area (Å²) in [6.07, 6.45) is 3.58. The number of hydrogen-bond acceptors (Lipinski definition) is 7.